The number of esters is 1. The van der Waals surface area contributed by atoms with Gasteiger partial charge in [-0.2, -0.15) is 0 Å². The molecule has 1 aromatic heterocycles. The van der Waals surface area contributed by atoms with E-state index in [1.165, 1.54) is 4.88 Å². The largest absolute Gasteiger partial charge is 0.452 e. The average molecular weight is 438 g/mol. The number of hydrogen-bond donors (Lipinski definition) is 2. The van der Waals surface area contributed by atoms with E-state index in [4.69, 9.17) is 21.4 Å². The first kappa shape index (κ1) is 21.6. The van der Waals surface area contributed by atoms with E-state index in [9.17, 15) is 9.59 Å². The maximum Gasteiger partial charge on any atom is 0.340 e. The van der Waals surface area contributed by atoms with Gasteiger partial charge in [0.1, 0.15) is 0 Å². The summed E-state index contributed by atoms with van der Waals surface area (Å²) in [5, 5.41) is 11.9. The van der Waals surface area contributed by atoms with E-state index in [1.807, 2.05) is 12.1 Å². The minimum absolute atomic E-state index is 0.0482. The smallest absolute Gasteiger partial charge is 0.340 e. The average Bonchev–Trinajstić information content (AvgIpc) is 3.15. The Balaban J connectivity index is 1.45. The summed E-state index contributed by atoms with van der Waals surface area (Å²) in [7, 11) is 0. The van der Waals surface area contributed by atoms with Crippen molar-refractivity contribution in [3.05, 3.63) is 51.2 Å². The number of nitrogens with zero attached hydrogens (tertiary/aromatic N) is 2. The zero-order valence-electron chi connectivity index (χ0n) is 16.0. The molecular weight excluding hydrogens is 414 g/mol. The molecule has 0 radical (unpaired) electrons. The SMILES string of the molecule is O=C(OCC(=O)N1CCN(Cc2ccc(Cl)s2)CC1)c1ccccc1NCCO. The molecule has 2 aromatic rings. The van der Waals surface area contributed by atoms with Crippen molar-refractivity contribution in [2.45, 2.75) is 6.54 Å². The van der Waals surface area contributed by atoms with Gasteiger partial charge in [-0.15, -0.1) is 11.3 Å². The van der Waals surface area contributed by atoms with Crippen LogP contribution in [0.5, 0.6) is 0 Å². The van der Waals surface area contributed by atoms with Gasteiger partial charge < -0.3 is 20.1 Å². The lowest BCUT2D eigenvalue weighted by molar-refractivity contribution is -0.136. The lowest BCUT2D eigenvalue weighted by Crippen LogP contribution is -2.49. The monoisotopic (exact) mass is 437 g/mol. The summed E-state index contributed by atoms with van der Waals surface area (Å²) in [6.07, 6.45) is 0. The number of aliphatic hydroxyl groups is 1. The number of thiophene rings is 1. The molecule has 0 saturated carbocycles. The number of piperazine rings is 1. The van der Waals surface area contributed by atoms with Gasteiger partial charge in [0.2, 0.25) is 0 Å². The Morgan fingerprint density at radius 3 is 2.59 bits per heavy atom. The highest BCUT2D eigenvalue weighted by Crippen LogP contribution is 2.23. The van der Waals surface area contributed by atoms with Crippen LogP contribution in [0.4, 0.5) is 5.69 Å². The Morgan fingerprint density at radius 2 is 1.90 bits per heavy atom. The van der Waals surface area contributed by atoms with E-state index < -0.39 is 5.97 Å². The molecule has 0 atom stereocenters. The van der Waals surface area contributed by atoms with Gasteiger partial charge in [-0.05, 0) is 24.3 Å². The highest BCUT2D eigenvalue weighted by atomic mass is 35.5. The molecule has 1 aliphatic heterocycles. The summed E-state index contributed by atoms with van der Waals surface area (Å²) < 4.78 is 6.01. The quantitative estimate of drug-likeness (QED) is 0.617. The Hall–Kier alpha value is -2.13. The molecule has 1 aliphatic rings. The summed E-state index contributed by atoms with van der Waals surface area (Å²) >= 11 is 7.54. The highest BCUT2D eigenvalue weighted by molar-refractivity contribution is 7.16. The second-order valence-corrected chi connectivity index (χ2v) is 8.43. The van der Waals surface area contributed by atoms with Crippen LogP contribution >= 0.6 is 22.9 Å². The summed E-state index contributed by atoms with van der Waals surface area (Å²) in [6.45, 7) is 3.55. The highest BCUT2D eigenvalue weighted by Gasteiger charge is 2.23. The molecule has 0 spiro atoms. The number of carbonyl (C=O) groups excluding carboxylic acids is 2. The van der Waals surface area contributed by atoms with E-state index in [0.717, 1.165) is 24.0 Å². The minimum Gasteiger partial charge on any atom is -0.452 e. The van der Waals surface area contributed by atoms with Crippen LogP contribution < -0.4 is 5.32 Å². The van der Waals surface area contributed by atoms with E-state index >= 15 is 0 Å². The fourth-order valence-electron chi connectivity index (χ4n) is 3.11. The summed E-state index contributed by atoms with van der Waals surface area (Å²) in [4.78, 5) is 30.0. The third kappa shape index (κ3) is 6.17. The predicted octanol–water partition coefficient (Wildman–Crippen LogP) is 2.31. The van der Waals surface area contributed by atoms with Crippen LogP contribution in [-0.4, -0.2) is 72.7 Å². The number of rotatable bonds is 8. The zero-order valence-corrected chi connectivity index (χ0v) is 17.5. The van der Waals surface area contributed by atoms with Crippen molar-refractivity contribution in [1.82, 2.24) is 9.80 Å². The molecule has 3 rings (SSSR count). The van der Waals surface area contributed by atoms with Crippen LogP contribution in [0.2, 0.25) is 4.34 Å². The van der Waals surface area contributed by atoms with Gasteiger partial charge in [0.15, 0.2) is 6.61 Å². The first-order valence-electron chi connectivity index (χ1n) is 9.42. The van der Waals surface area contributed by atoms with Crippen LogP contribution in [0.1, 0.15) is 15.2 Å². The lowest BCUT2D eigenvalue weighted by atomic mass is 10.2. The maximum atomic E-state index is 12.4. The molecule has 0 aliphatic carbocycles. The Bertz CT molecular complexity index is 837. The normalized spacial score (nSPS) is 14.6. The van der Waals surface area contributed by atoms with Crippen LogP contribution in [0.25, 0.3) is 0 Å². The zero-order chi connectivity index (χ0) is 20.6. The van der Waals surface area contributed by atoms with Crippen LogP contribution in [0.3, 0.4) is 0 Å². The van der Waals surface area contributed by atoms with Crippen molar-refractivity contribution in [2.24, 2.45) is 0 Å². The van der Waals surface area contributed by atoms with Crippen molar-refractivity contribution in [2.75, 3.05) is 51.3 Å². The molecule has 0 bridgehead atoms. The van der Waals surface area contributed by atoms with Crippen LogP contribution in [0, 0.1) is 0 Å². The van der Waals surface area contributed by atoms with Crippen molar-refractivity contribution < 1.29 is 19.4 Å². The van der Waals surface area contributed by atoms with E-state index in [1.54, 1.807) is 40.5 Å². The number of nitrogens with one attached hydrogen (secondary N) is 1. The van der Waals surface area contributed by atoms with Gasteiger partial charge in [-0.3, -0.25) is 9.69 Å². The molecule has 2 heterocycles. The van der Waals surface area contributed by atoms with Crippen LogP contribution in [0.15, 0.2) is 36.4 Å². The first-order valence-corrected chi connectivity index (χ1v) is 10.6. The third-order valence-corrected chi connectivity index (χ3v) is 5.85. The van der Waals surface area contributed by atoms with Gasteiger partial charge in [-0.25, -0.2) is 4.79 Å². The van der Waals surface area contributed by atoms with E-state index in [2.05, 4.69) is 10.2 Å². The number of carbonyl (C=O) groups is 2. The molecule has 29 heavy (non-hydrogen) atoms. The third-order valence-electron chi connectivity index (χ3n) is 4.63. The van der Waals surface area contributed by atoms with Crippen molar-refractivity contribution in [3.8, 4) is 0 Å². The number of aliphatic hydroxyl groups excluding tert-OH is 1. The van der Waals surface area contributed by atoms with Crippen molar-refractivity contribution in [1.29, 1.82) is 0 Å². The van der Waals surface area contributed by atoms with E-state index in [-0.39, 0.29) is 19.1 Å². The molecular formula is C20H24ClN3O4S. The van der Waals surface area contributed by atoms with Gasteiger partial charge in [0.25, 0.3) is 5.91 Å². The van der Waals surface area contributed by atoms with Crippen molar-refractivity contribution in [3.63, 3.8) is 0 Å². The van der Waals surface area contributed by atoms with Gasteiger partial charge >= 0.3 is 5.97 Å². The number of benzene rings is 1. The minimum atomic E-state index is -0.562. The number of para-hydroxylation sites is 1. The maximum absolute atomic E-state index is 12.4. The number of amides is 1. The molecule has 0 unspecified atom stereocenters. The number of anilines is 1. The molecule has 1 amide bonds. The molecule has 9 heteroatoms. The topological polar surface area (TPSA) is 82.1 Å². The van der Waals surface area contributed by atoms with Gasteiger partial charge in [0.05, 0.1) is 16.5 Å². The second kappa shape index (κ2) is 10.6. The molecule has 1 fully saturated rings. The summed E-state index contributed by atoms with van der Waals surface area (Å²) in [5.74, 6) is -0.759. The molecule has 7 nitrogen and oxygen atoms in total. The fraction of sp³-hybridized carbons (Fsp3) is 0.400. The Kier molecular flexibility index (Phi) is 7.88. The summed E-state index contributed by atoms with van der Waals surface area (Å²) in [6, 6.07) is 10.8. The Labute approximate surface area is 178 Å². The second-order valence-electron chi connectivity index (χ2n) is 6.63. The van der Waals surface area contributed by atoms with Gasteiger partial charge in [0, 0.05) is 49.8 Å². The van der Waals surface area contributed by atoms with Crippen molar-refractivity contribution >= 4 is 40.5 Å². The summed E-state index contributed by atoms with van der Waals surface area (Å²) in [5.41, 5.74) is 0.912. The first-order chi connectivity index (χ1) is 14.1. The van der Waals surface area contributed by atoms with E-state index in [0.29, 0.717) is 30.9 Å². The predicted molar refractivity (Wildman–Crippen MR) is 113 cm³/mol. The molecule has 156 valence electrons. The Morgan fingerprint density at radius 1 is 1.14 bits per heavy atom. The number of ether oxygens (including phenoxy) is 1. The van der Waals surface area contributed by atoms with Crippen LogP contribution in [-0.2, 0) is 16.1 Å². The molecule has 1 aromatic carbocycles. The molecule has 2 N–H and O–H groups in total. The number of hydrogen-bond acceptors (Lipinski definition) is 7. The fourth-order valence-corrected chi connectivity index (χ4v) is 4.24. The van der Waals surface area contributed by atoms with Gasteiger partial charge in [-0.1, -0.05) is 23.7 Å². The standard InChI is InChI=1S/C20H24ClN3O4S/c21-18-6-5-15(29-18)13-23-8-10-24(11-9-23)19(26)14-28-20(27)16-3-1-2-4-17(16)22-7-12-25/h1-6,22,25H,7-14H2. The number of halogens is 1. The lowest BCUT2D eigenvalue weighted by Gasteiger charge is -2.34. The molecule has 1 saturated heterocycles.